The average Bonchev–Trinajstić information content (AvgIpc) is 3.10. The Morgan fingerprint density at radius 2 is 1.56 bits per heavy atom. The Morgan fingerprint density at radius 1 is 0.852 bits per heavy atom. The van der Waals surface area contributed by atoms with Crippen molar-refractivity contribution < 1.29 is 0 Å². The second-order valence-electron chi connectivity index (χ2n) is 6.33. The quantitative estimate of drug-likeness (QED) is 0.581. The molecule has 0 bridgehead atoms. The first-order valence-corrected chi connectivity index (χ1v) is 8.61. The molecule has 5 heteroatoms. The molecule has 1 aromatic carbocycles. The third-order valence-corrected chi connectivity index (χ3v) is 4.59. The van der Waals surface area contributed by atoms with E-state index in [1.165, 1.54) is 0 Å². The zero-order chi connectivity index (χ0) is 18.8. The van der Waals surface area contributed by atoms with Gasteiger partial charge in [0.25, 0.3) is 0 Å². The highest BCUT2D eigenvalue weighted by molar-refractivity contribution is 5.83. The number of nitrogens with one attached hydrogen (secondary N) is 1. The fourth-order valence-corrected chi connectivity index (χ4v) is 3.25. The van der Waals surface area contributed by atoms with Crippen molar-refractivity contribution in [1.82, 2.24) is 20.2 Å². The maximum Gasteiger partial charge on any atom is 0.140 e. The van der Waals surface area contributed by atoms with Crippen LogP contribution in [-0.4, -0.2) is 20.2 Å². The van der Waals surface area contributed by atoms with Gasteiger partial charge in [-0.15, -0.1) is 0 Å². The number of aromatic amines is 1. The van der Waals surface area contributed by atoms with E-state index in [0.29, 0.717) is 5.69 Å². The molecule has 0 atom stereocenters. The Hall–Kier alpha value is -3.78. The zero-order valence-corrected chi connectivity index (χ0v) is 15.1. The Morgan fingerprint density at radius 3 is 2.22 bits per heavy atom. The number of nitrogens with zero attached hydrogens (tertiary/aromatic N) is 4. The van der Waals surface area contributed by atoms with E-state index < -0.39 is 0 Å². The van der Waals surface area contributed by atoms with E-state index in [-0.39, 0.29) is 0 Å². The summed E-state index contributed by atoms with van der Waals surface area (Å²) >= 11 is 0. The summed E-state index contributed by atoms with van der Waals surface area (Å²) in [6, 6.07) is 18.0. The maximum absolute atomic E-state index is 8.99. The van der Waals surface area contributed by atoms with Crippen molar-refractivity contribution in [3.05, 3.63) is 78.0 Å². The van der Waals surface area contributed by atoms with E-state index in [1.54, 1.807) is 18.5 Å². The van der Waals surface area contributed by atoms with Gasteiger partial charge in [-0.1, -0.05) is 24.3 Å². The molecular weight excluding hydrogens is 334 g/mol. The van der Waals surface area contributed by atoms with E-state index in [1.807, 2.05) is 32.0 Å². The van der Waals surface area contributed by atoms with Gasteiger partial charge in [-0.2, -0.15) is 10.4 Å². The van der Waals surface area contributed by atoms with E-state index in [4.69, 9.17) is 5.26 Å². The monoisotopic (exact) mass is 351 g/mol. The number of rotatable bonds is 3. The highest BCUT2D eigenvalue weighted by Crippen LogP contribution is 2.34. The summed E-state index contributed by atoms with van der Waals surface area (Å²) in [6.07, 6.45) is 3.54. The van der Waals surface area contributed by atoms with Gasteiger partial charge in [0, 0.05) is 40.5 Å². The number of pyridine rings is 2. The van der Waals surface area contributed by atoms with Crippen LogP contribution in [0.2, 0.25) is 0 Å². The number of aryl methyl sites for hydroxylation is 2. The van der Waals surface area contributed by atoms with Gasteiger partial charge < -0.3 is 0 Å². The van der Waals surface area contributed by atoms with E-state index in [0.717, 1.165) is 44.9 Å². The summed E-state index contributed by atoms with van der Waals surface area (Å²) in [4.78, 5) is 8.41. The predicted molar refractivity (Wildman–Crippen MR) is 105 cm³/mol. The van der Waals surface area contributed by atoms with Gasteiger partial charge in [0.15, 0.2) is 0 Å². The van der Waals surface area contributed by atoms with Crippen molar-refractivity contribution in [2.45, 2.75) is 13.8 Å². The number of aromatic nitrogens is 4. The molecule has 0 aliphatic carbocycles. The van der Waals surface area contributed by atoms with Crippen LogP contribution in [0.1, 0.15) is 17.1 Å². The first-order valence-electron chi connectivity index (χ1n) is 8.61. The molecule has 0 radical (unpaired) electrons. The van der Waals surface area contributed by atoms with Gasteiger partial charge in [0.1, 0.15) is 17.5 Å². The maximum atomic E-state index is 8.99. The van der Waals surface area contributed by atoms with Crippen molar-refractivity contribution in [3.63, 3.8) is 0 Å². The molecule has 0 saturated carbocycles. The van der Waals surface area contributed by atoms with E-state index in [9.17, 15) is 0 Å². The highest BCUT2D eigenvalue weighted by Gasteiger charge is 2.14. The third kappa shape index (κ3) is 3.09. The Labute approximate surface area is 157 Å². The Balaban J connectivity index is 1.74. The Kier molecular flexibility index (Phi) is 4.23. The van der Waals surface area contributed by atoms with Crippen LogP contribution in [0.15, 0.2) is 60.9 Å². The molecule has 3 aromatic heterocycles. The van der Waals surface area contributed by atoms with Crippen molar-refractivity contribution in [3.8, 4) is 39.6 Å². The standard InChI is InChI=1S/C22H17N5/c1-14-20(8-7-19(13-23)25-14)16-3-5-17(6-4-16)21-15(2)26-27-22(21)18-9-11-24-12-10-18/h3-12H,1-2H3,(H,26,27). The normalized spacial score (nSPS) is 10.6. The molecular formula is C22H17N5. The number of benzene rings is 1. The minimum absolute atomic E-state index is 0.434. The van der Waals surface area contributed by atoms with Crippen LogP contribution in [0.25, 0.3) is 33.5 Å². The second kappa shape index (κ2) is 6.85. The summed E-state index contributed by atoms with van der Waals surface area (Å²) in [5.41, 5.74) is 8.52. The molecule has 0 aliphatic heterocycles. The Bertz CT molecular complexity index is 1140. The molecule has 1 N–H and O–H groups in total. The molecule has 0 fully saturated rings. The van der Waals surface area contributed by atoms with Crippen molar-refractivity contribution in [2.75, 3.05) is 0 Å². The van der Waals surface area contributed by atoms with Crippen LogP contribution >= 0.6 is 0 Å². The van der Waals surface area contributed by atoms with Gasteiger partial charge >= 0.3 is 0 Å². The summed E-state index contributed by atoms with van der Waals surface area (Å²) < 4.78 is 0. The predicted octanol–water partition coefficient (Wildman–Crippen LogP) is 4.69. The fraction of sp³-hybridized carbons (Fsp3) is 0.0909. The SMILES string of the molecule is Cc1nc(C#N)ccc1-c1ccc(-c2c(-c3ccncc3)n[nH]c2C)cc1. The molecule has 27 heavy (non-hydrogen) atoms. The van der Waals surface area contributed by atoms with Crippen molar-refractivity contribution in [2.24, 2.45) is 0 Å². The average molecular weight is 351 g/mol. The third-order valence-electron chi connectivity index (χ3n) is 4.59. The number of H-pyrrole nitrogens is 1. The molecule has 4 rings (SSSR count). The topological polar surface area (TPSA) is 78.2 Å². The number of hydrogen-bond donors (Lipinski definition) is 1. The zero-order valence-electron chi connectivity index (χ0n) is 15.1. The van der Waals surface area contributed by atoms with Crippen LogP contribution in [0, 0.1) is 25.2 Å². The van der Waals surface area contributed by atoms with Gasteiger partial charge in [-0.05, 0) is 49.2 Å². The molecule has 0 spiro atoms. The lowest BCUT2D eigenvalue weighted by Crippen LogP contribution is -1.91. The summed E-state index contributed by atoms with van der Waals surface area (Å²) in [5, 5.41) is 16.6. The van der Waals surface area contributed by atoms with Gasteiger partial charge in [-0.25, -0.2) is 4.98 Å². The van der Waals surface area contributed by atoms with E-state index >= 15 is 0 Å². The van der Waals surface area contributed by atoms with Crippen LogP contribution in [0.4, 0.5) is 0 Å². The van der Waals surface area contributed by atoms with Crippen LogP contribution in [0.3, 0.4) is 0 Å². The lowest BCUT2D eigenvalue weighted by atomic mass is 9.96. The molecule has 0 saturated heterocycles. The largest absolute Gasteiger partial charge is 0.282 e. The molecule has 0 amide bonds. The fourth-order valence-electron chi connectivity index (χ4n) is 3.25. The number of hydrogen-bond acceptors (Lipinski definition) is 4. The van der Waals surface area contributed by atoms with Crippen LogP contribution < -0.4 is 0 Å². The second-order valence-corrected chi connectivity index (χ2v) is 6.33. The van der Waals surface area contributed by atoms with Gasteiger partial charge in [-0.3, -0.25) is 10.1 Å². The molecule has 130 valence electrons. The minimum atomic E-state index is 0.434. The van der Waals surface area contributed by atoms with Crippen LogP contribution in [0.5, 0.6) is 0 Å². The lowest BCUT2D eigenvalue weighted by Gasteiger charge is -2.08. The van der Waals surface area contributed by atoms with Gasteiger partial charge in [0.2, 0.25) is 0 Å². The van der Waals surface area contributed by atoms with Gasteiger partial charge in [0.05, 0.1) is 0 Å². The lowest BCUT2D eigenvalue weighted by molar-refractivity contribution is 1.05. The molecule has 5 nitrogen and oxygen atoms in total. The van der Waals surface area contributed by atoms with Crippen LogP contribution in [-0.2, 0) is 0 Å². The molecule has 0 aliphatic rings. The molecule has 0 unspecified atom stereocenters. The highest BCUT2D eigenvalue weighted by atomic mass is 15.1. The summed E-state index contributed by atoms with van der Waals surface area (Å²) in [5.74, 6) is 0. The van der Waals surface area contributed by atoms with Crippen molar-refractivity contribution >= 4 is 0 Å². The number of nitriles is 1. The van der Waals surface area contributed by atoms with Crippen molar-refractivity contribution in [1.29, 1.82) is 5.26 Å². The summed E-state index contributed by atoms with van der Waals surface area (Å²) in [7, 11) is 0. The smallest absolute Gasteiger partial charge is 0.140 e. The first-order chi connectivity index (χ1) is 13.2. The molecule has 3 heterocycles. The summed E-state index contributed by atoms with van der Waals surface area (Å²) in [6.45, 7) is 3.95. The first kappa shape index (κ1) is 16.7. The van der Waals surface area contributed by atoms with E-state index in [2.05, 4.69) is 50.5 Å². The molecule has 4 aromatic rings. The minimum Gasteiger partial charge on any atom is -0.282 e.